The van der Waals surface area contributed by atoms with Gasteiger partial charge in [0.1, 0.15) is 5.75 Å². The summed E-state index contributed by atoms with van der Waals surface area (Å²) in [6.07, 6.45) is 0. The summed E-state index contributed by atoms with van der Waals surface area (Å²) >= 11 is 0. The summed E-state index contributed by atoms with van der Waals surface area (Å²) in [5.41, 5.74) is 2.33. The van der Waals surface area contributed by atoms with E-state index >= 15 is 0 Å². The number of para-hydroxylation sites is 2. The first-order chi connectivity index (χ1) is 11.2. The molecule has 0 atom stereocenters. The predicted octanol–water partition coefficient (Wildman–Crippen LogP) is 2.15. The maximum absolute atomic E-state index is 12.2. The van der Waals surface area contributed by atoms with Gasteiger partial charge in [-0.25, -0.2) is 0 Å². The third-order valence-electron chi connectivity index (χ3n) is 3.82. The van der Waals surface area contributed by atoms with Gasteiger partial charge >= 0.3 is 0 Å². The fourth-order valence-corrected chi connectivity index (χ4v) is 2.60. The summed E-state index contributed by atoms with van der Waals surface area (Å²) in [5, 5.41) is 2.86. The average Bonchev–Trinajstić information content (AvgIpc) is 2.57. The fraction of sp³-hybridized carbons (Fsp3) is 0.222. The molecule has 23 heavy (non-hydrogen) atoms. The van der Waals surface area contributed by atoms with Gasteiger partial charge < -0.3 is 15.0 Å². The van der Waals surface area contributed by atoms with E-state index in [2.05, 4.69) is 5.32 Å². The summed E-state index contributed by atoms with van der Waals surface area (Å²) in [4.78, 5) is 25.9. The number of nitrogens with zero attached hydrogens (tertiary/aromatic N) is 1. The molecule has 5 heteroatoms. The minimum absolute atomic E-state index is 0.0305. The zero-order valence-corrected chi connectivity index (χ0v) is 12.9. The average molecular weight is 310 g/mol. The van der Waals surface area contributed by atoms with Crippen molar-refractivity contribution < 1.29 is 14.3 Å². The Morgan fingerprint density at radius 1 is 1.17 bits per heavy atom. The Labute approximate surface area is 134 Å². The van der Waals surface area contributed by atoms with Crippen LogP contribution in [0.15, 0.2) is 48.5 Å². The van der Waals surface area contributed by atoms with Crippen LogP contribution in [-0.4, -0.2) is 31.5 Å². The highest BCUT2D eigenvalue weighted by Crippen LogP contribution is 2.30. The van der Waals surface area contributed by atoms with Crippen molar-refractivity contribution in [1.82, 2.24) is 5.32 Å². The number of nitrogens with one attached hydrogen (secondary N) is 1. The van der Waals surface area contributed by atoms with Crippen LogP contribution in [0.2, 0.25) is 0 Å². The lowest BCUT2D eigenvalue weighted by Gasteiger charge is -2.29. The molecule has 0 saturated carbocycles. The molecule has 2 aromatic rings. The van der Waals surface area contributed by atoms with Gasteiger partial charge in [-0.05, 0) is 30.7 Å². The Morgan fingerprint density at radius 2 is 1.91 bits per heavy atom. The van der Waals surface area contributed by atoms with E-state index in [1.165, 1.54) is 0 Å². The lowest BCUT2D eigenvalue weighted by atomic mass is 10.1. The second kappa shape index (κ2) is 6.52. The first kappa shape index (κ1) is 15.1. The van der Waals surface area contributed by atoms with Crippen LogP contribution in [0.1, 0.15) is 15.9 Å². The number of anilines is 1. The van der Waals surface area contributed by atoms with Crippen LogP contribution in [0, 0.1) is 6.92 Å². The standard InChI is InChI=1S/C18H18N2O3/c1-13-6-2-3-7-14(13)18(22)19-10-11-20-15-8-4-5-9-16(15)23-12-17(20)21/h2-9H,10-12H2,1H3,(H,19,22). The maximum atomic E-state index is 12.2. The summed E-state index contributed by atoms with van der Waals surface area (Å²) in [6.45, 7) is 2.73. The summed E-state index contributed by atoms with van der Waals surface area (Å²) < 4.78 is 5.40. The van der Waals surface area contributed by atoms with Crippen molar-refractivity contribution in [2.75, 3.05) is 24.6 Å². The highest BCUT2D eigenvalue weighted by molar-refractivity contribution is 5.98. The second-order valence-electron chi connectivity index (χ2n) is 5.37. The smallest absolute Gasteiger partial charge is 0.265 e. The van der Waals surface area contributed by atoms with Gasteiger partial charge in [0.15, 0.2) is 6.61 Å². The molecular formula is C18H18N2O3. The predicted molar refractivity (Wildman–Crippen MR) is 87.8 cm³/mol. The molecule has 1 aliphatic heterocycles. The number of carbonyl (C=O) groups is 2. The SMILES string of the molecule is Cc1ccccc1C(=O)NCCN1C(=O)COc2ccccc21. The highest BCUT2D eigenvalue weighted by atomic mass is 16.5. The van der Waals surface area contributed by atoms with Gasteiger partial charge in [0.25, 0.3) is 11.8 Å². The van der Waals surface area contributed by atoms with Gasteiger partial charge in [-0.15, -0.1) is 0 Å². The molecule has 0 bridgehead atoms. The normalized spacial score (nSPS) is 13.3. The molecule has 0 unspecified atom stereocenters. The minimum Gasteiger partial charge on any atom is -0.482 e. The van der Waals surface area contributed by atoms with Crippen LogP contribution in [0.3, 0.4) is 0 Å². The third-order valence-corrected chi connectivity index (χ3v) is 3.82. The molecule has 2 aromatic carbocycles. The Balaban J connectivity index is 1.64. The van der Waals surface area contributed by atoms with E-state index in [-0.39, 0.29) is 18.4 Å². The number of rotatable bonds is 4. The Morgan fingerprint density at radius 3 is 2.74 bits per heavy atom. The number of amides is 2. The molecule has 0 fully saturated rings. The molecule has 1 heterocycles. The van der Waals surface area contributed by atoms with E-state index in [0.29, 0.717) is 24.4 Å². The fourth-order valence-electron chi connectivity index (χ4n) is 2.60. The molecule has 0 aromatic heterocycles. The Bertz CT molecular complexity index is 743. The van der Waals surface area contributed by atoms with Crippen LogP contribution in [0.25, 0.3) is 0 Å². The molecule has 0 saturated heterocycles. The molecule has 2 amide bonds. The lowest BCUT2D eigenvalue weighted by Crippen LogP contribution is -2.43. The molecule has 118 valence electrons. The van der Waals surface area contributed by atoms with Crippen LogP contribution in [0.5, 0.6) is 5.75 Å². The number of ether oxygens (including phenoxy) is 1. The quantitative estimate of drug-likeness (QED) is 0.941. The van der Waals surface area contributed by atoms with Crippen molar-refractivity contribution >= 4 is 17.5 Å². The van der Waals surface area contributed by atoms with E-state index in [1.54, 1.807) is 11.0 Å². The van der Waals surface area contributed by atoms with Gasteiger partial charge in [-0.3, -0.25) is 9.59 Å². The zero-order valence-electron chi connectivity index (χ0n) is 12.9. The molecule has 0 aliphatic carbocycles. The van der Waals surface area contributed by atoms with E-state index < -0.39 is 0 Å². The number of carbonyl (C=O) groups excluding carboxylic acids is 2. The van der Waals surface area contributed by atoms with E-state index in [0.717, 1.165) is 11.3 Å². The molecule has 3 rings (SSSR count). The van der Waals surface area contributed by atoms with Gasteiger partial charge in [0.2, 0.25) is 0 Å². The zero-order chi connectivity index (χ0) is 16.2. The van der Waals surface area contributed by atoms with Crippen molar-refractivity contribution in [2.45, 2.75) is 6.92 Å². The van der Waals surface area contributed by atoms with Gasteiger partial charge in [0, 0.05) is 18.7 Å². The third kappa shape index (κ3) is 3.18. The van der Waals surface area contributed by atoms with E-state index in [1.807, 2.05) is 49.4 Å². The van der Waals surface area contributed by atoms with Crippen LogP contribution in [-0.2, 0) is 4.79 Å². The van der Waals surface area contributed by atoms with Crippen molar-refractivity contribution in [3.8, 4) is 5.75 Å². The summed E-state index contributed by atoms with van der Waals surface area (Å²) in [7, 11) is 0. The number of fused-ring (bicyclic) bond motifs is 1. The van der Waals surface area contributed by atoms with Crippen molar-refractivity contribution in [1.29, 1.82) is 0 Å². The summed E-state index contributed by atoms with van der Waals surface area (Å²) in [6, 6.07) is 14.8. The number of aryl methyl sites for hydroxylation is 1. The second-order valence-corrected chi connectivity index (χ2v) is 5.37. The van der Waals surface area contributed by atoms with Gasteiger partial charge in [-0.2, -0.15) is 0 Å². The lowest BCUT2D eigenvalue weighted by molar-refractivity contribution is -0.121. The molecule has 1 aliphatic rings. The van der Waals surface area contributed by atoms with E-state index in [9.17, 15) is 9.59 Å². The van der Waals surface area contributed by atoms with Crippen LogP contribution in [0.4, 0.5) is 5.69 Å². The summed E-state index contributed by atoms with van der Waals surface area (Å²) in [5.74, 6) is 0.461. The first-order valence-corrected chi connectivity index (χ1v) is 7.53. The van der Waals surface area contributed by atoms with Crippen molar-refractivity contribution in [3.63, 3.8) is 0 Å². The van der Waals surface area contributed by atoms with Gasteiger partial charge in [0.05, 0.1) is 5.69 Å². The van der Waals surface area contributed by atoms with Crippen LogP contribution < -0.4 is 15.0 Å². The van der Waals surface area contributed by atoms with Crippen molar-refractivity contribution in [2.24, 2.45) is 0 Å². The molecule has 0 spiro atoms. The van der Waals surface area contributed by atoms with E-state index in [4.69, 9.17) is 4.74 Å². The van der Waals surface area contributed by atoms with Crippen LogP contribution >= 0.6 is 0 Å². The van der Waals surface area contributed by atoms with Crippen molar-refractivity contribution in [3.05, 3.63) is 59.7 Å². The monoisotopic (exact) mass is 310 g/mol. The maximum Gasteiger partial charge on any atom is 0.265 e. The number of hydrogen-bond donors (Lipinski definition) is 1. The highest BCUT2D eigenvalue weighted by Gasteiger charge is 2.24. The van der Waals surface area contributed by atoms with Gasteiger partial charge in [-0.1, -0.05) is 30.3 Å². The molecular weight excluding hydrogens is 292 g/mol. The largest absolute Gasteiger partial charge is 0.482 e. The Kier molecular flexibility index (Phi) is 4.28. The molecule has 5 nitrogen and oxygen atoms in total. The first-order valence-electron chi connectivity index (χ1n) is 7.53. The minimum atomic E-state index is -0.128. The Hall–Kier alpha value is -2.82. The molecule has 0 radical (unpaired) electrons. The topological polar surface area (TPSA) is 58.6 Å². The number of benzene rings is 2. The molecule has 1 N–H and O–H groups in total. The number of hydrogen-bond acceptors (Lipinski definition) is 3.